The van der Waals surface area contributed by atoms with Crippen molar-refractivity contribution in [3.05, 3.63) is 46.8 Å². The number of aliphatic hydroxyl groups excluding tert-OH is 1. The van der Waals surface area contributed by atoms with Gasteiger partial charge < -0.3 is 20.6 Å². The summed E-state index contributed by atoms with van der Waals surface area (Å²) in [5.74, 6) is -0.732. The van der Waals surface area contributed by atoms with Crippen molar-refractivity contribution in [1.82, 2.24) is 10.2 Å². The predicted octanol–water partition coefficient (Wildman–Crippen LogP) is 2.41. The van der Waals surface area contributed by atoms with Crippen molar-refractivity contribution in [3.8, 4) is 0 Å². The van der Waals surface area contributed by atoms with Gasteiger partial charge in [0.1, 0.15) is 5.82 Å². The molecule has 0 saturated carbocycles. The average molecular weight is 403 g/mol. The third kappa shape index (κ3) is 4.85. The first-order chi connectivity index (χ1) is 13.7. The minimum absolute atomic E-state index is 0.126. The van der Waals surface area contributed by atoms with Gasteiger partial charge in [0.05, 0.1) is 12.6 Å². The van der Waals surface area contributed by atoms with Crippen molar-refractivity contribution in [1.29, 1.82) is 0 Å². The Kier molecular flexibility index (Phi) is 7.56. The number of anilines is 1. The van der Waals surface area contributed by atoms with Crippen LogP contribution in [0.2, 0.25) is 0 Å². The summed E-state index contributed by atoms with van der Waals surface area (Å²) in [6.07, 6.45) is 3.20. The molecule has 2 amide bonds. The number of hydrogen-bond donors (Lipinski definition) is 3. The van der Waals surface area contributed by atoms with Crippen molar-refractivity contribution in [3.63, 3.8) is 0 Å². The van der Waals surface area contributed by atoms with Gasteiger partial charge in [-0.3, -0.25) is 9.59 Å². The fourth-order valence-electron chi connectivity index (χ4n) is 3.75. The van der Waals surface area contributed by atoms with Gasteiger partial charge in [0, 0.05) is 43.9 Å². The number of amides is 2. The Balaban J connectivity index is 2.54. The van der Waals surface area contributed by atoms with E-state index in [9.17, 15) is 19.1 Å². The van der Waals surface area contributed by atoms with Crippen LogP contribution >= 0.6 is 0 Å². The summed E-state index contributed by atoms with van der Waals surface area (Å²) >= 11 is 0. The Morgan fingerprint density at radius 1 is 1.45 bits per heavy atom. The lowest BCUT2D eigenvalue weighted by Gasteiger charge is -2.32. The molecule has 1 atom stereocenters. The number of likely N-dealkylation sites (N-methyl/N-ethyl adjacent to an activating group) is 1. The van der Waals surface area contributed by atoms with E-state index in [4.69, 9.17) is 0 Å². The smallest absolute Gasteiger partial charge is 0.251 e. The number of nitrogens with zero attached hydrogens (tertiary/aromatic N) is 1. The molecule has 0 spiro atoms. The van der Waals surface area contributed by atoms with Crippen LogP contribution in [0.5, 0.6) is 0 Å². The van der Waals surface area contributed by atoms with Crippen LogP contribution in [0.3, 0.4) is 0 Å². The molecule has 1 unspecified atom stereocenters. The second-order valence-electron chi connectivity index (χ2n) is 7.19. The van der Waals surface area contributed by atoms with Gasteiger partial charge in [0.25, 0.3) is 5.91 Å². The molecular formula is C22H30FN3O3. The van der Waals surface area contributed by atoms with E-state index >= 15 is 0 Å². The molecule has 0 aromatic heterocycles. The molecule has 6 nitrogen and oxygen atoms in total. The molecular weight excluding hydrogens is 373 g/mol. The Bertz CT molecular complexity index is 848. The summed E-state index contributed by atoms with van der Waals surface area (Å²) in [4.78, 5) is 25.7. The second-order valence-corrected chi connectivity index (χ2v) is 7.19. The molecule has 1 aromatic rings. The predicted molar refractivity (Wildman–Crippen MR) is 113 cm³/mol. The maximum atomic E-state index is 14.4. The molecule has 0 bridgehead atoms. The highest BCUT2D eigenvalue weighted by Gasteiger charge is 2.29. The molecule has 0 radical (unpaired) electrons. The maximum Gasteiger partial charge on any atom is 0.251 e. The summed E-state index contributed by atoms with van der Waals surface area (Å²) in [7, 11) is 1.73. The largest absolute Gasteiger partial charge is 0.391 e. The maximum absolute atomic E-state index is 14.4. The van der Waals surface area contributed by atoms with Gasteiger partial charge in [-0.1, -0.05) is 12.7 Å². The van der Waals surface area contributed by atoms with E-state index in [0.717, 1.165) is 16.7 Å². The van der Waals surface area contributed by atoms with Crippen LogP contribution in [0.15, 0.2) is 24.3 Å². The number of fused-ring (bicyclic) bond motifs is 1. The van der Waals surface area contributed by atoms with E-state index in [1.807, 2.05) is 13.0 Å². The van der Waals surface area contributed by atoms with Gasteiger partial charge in [0.2, 0.25) is 5.91 Å². The lowest BCUT2D eigenvalue weighted by atomic mass is 9.80. The molecule has 1 aliphatic rings. The molecule has 0 aliphatic heterocycles. The highest BCUT2D eigenvalue weighted by molar-refractivity contribution is 5.93. The van der Waals surface area contributed by atoms with E-state index in [1.165, 1.54) is 13.0 Å². The first-order valence-electron chi connectivity index (χ1n) is 9.80. The van der Waals surface area contributed by atoms with Crippen molar-refractivity contribution >= 4 is 23.1 Å². The van der Waals surface area contributed by atoms with Crippen LogP contribution in [-0.2, 0) is 16.0 Å². The normalized spacial score (nSPS) is 16.9. The summed E-state index contributed by atoms with van der Waals surface area (Å²) < 4.78 is 14.4. The monoisotopic (exact) mass is 403 g/mol. The first-order valence-corrected chi connectivity index (χ1v) is 9.80. The van der Waals surface area contributed by atoms with Crippen LogP contribution in [0.4, 0.5) is 10.1 Å². The zero-order chi connectivity index (χ0) is 21.7. The van der Waals surface area contributed by atoms with Gasteiger partial charge >= 0.3 is 0 Å². The summed E-state index contributed by atoms with van der Waals surface area (Å²) in [5, 5.41) is 15.2. The van der Waals surface area contributed by atoms with Crippen molar-refractivity contribution in [2.75, 3.05) is 32.1 Å². The molecule has 29 heavy (non-hydrogen) atoms. The van der Waals surface area contributed by atoms with E-state index in [-0.39, 0.29) is 29.2 Å². The van der Waals surface area contributed by atoms with Crippen molar-refractivity contribution < 1.29 is 19.1 Å². The van der Waals surface area contributed by atoms with Crippen LogP contribution in [0, 0.1) is 12.7 Å². The number of aliphatic hydroxyl groups is 1. The van der Waals surface area contributed by atoms with Gasteiger partial charge in [-0.15, -0.1) is 0 Å². The summed E-state index contributed by atoms with van der Waals surface area (Å²) in [6.45, 7) is 9.02. The third-order valence-electron chi connectivity index (χ3n) is 5.34. The van der Waals surface area contributed by atoms with Crippen molar-refractivity contribution in [2.45, 2.75) is 39.7 Å². The zero-order valence-corrected chi connectivity index (χ0v) is 17.6. The second kappa shape index (κ2) is 9.69. The zero-order valence-electron chi connectivity index (χ0n) is 17.6. The molecule has 1 aromatic carbocycles. The third-order valence-corrected chi connectivity index (χ3v) is 5.34. The summed E-state index contributed by atoms with van der Waals surface area (Å²) in [5.41, 5.74) is 4.02. The van der Waals surface area contributed by atoms with Gasteiger partial charge in [-0.2, -0.15) is 0 Å². The SMILES string of the molecule is C=C(CO)C(=O)N(CC)C/C=C1/c2c(NC)cc(F)c(C)c2CCC1NC(C)=O. The molecule has 7 heteroatoms. The standard InChI is InChI=1S/C22H30FN3O3/c1-6-26(22(29)13(2)12-27)10-9-17-19(25-15(4)28)8-7-16-14(3)18(23)11-20(24-5)21(16)17/h9,11,19,24,27H,2,6-8,10,12H2,1,3-5H3,(H,25,28)/b17-9+. The average Bonchev–Trinajstić information content (AvgIpc) is 2.70. The van der Waals surface area contributed by atoms with E-state index in [1.54, 1.807) is 18.9 Å². The van der Waals surface area contributed by atoms with E-state index in [2.05, 4.69) is 17.2 Å². The Morgan fingerprint density at radius 2 is 2.14 bits per heavy atom. The molecule has 158 valence electrons. The first kappa shape index (κ1) is 22.6. The lowest BCUT2D eigenvalue weighted by molar-refractivity contribution is -0.127. The van der Waals surface area contributed by atoms with E-state index < -0.39 is 6.61 Å². The highest BCUT2D eigenvalue weighted by Crippen LogP contribution is 2.39. The minimum atomic E-state index is -0.397. The quantitative estimate of drug-likeness (QED) is 0.611. The minimum Gasteiger partial charge on any atom is -0.391 e. The number of carbonyl (C=O) groups is 2. The number of nitrogens with one attached hydrogen (secondary N) is 2. The fraction of sp³-hybridized carbons (Fsp3) is 0.455. The van der Waals surface area contributed by atoms with Crippen molar-refractivity contribution in [2.24, 2.45) is 0 Å². The fourth-order valence-corrected chi connectivity index (χ4v) is 3.75. The molecule has 0 fully saturated rings. The molecule has 3 N–H and O–H groups in total. The lowest BCUT2D eigenvalue weighted by Crippen LogP contribution is -2.38. The Labute approximate surface area is 171 Å². The van der Waals surface area contributed by atoms with Crippen LogP contribution in [0.1, 0.15) is 37.0 Å². The van der Waals surface area contributed by atoms with Gasteiger partial charge in [0.15, 0.2) is 0 Å². The number of halogens is 1. The van der Waals surface area contributed by atoms with Gasteiger partial charge in [-0.25, -0.2) is 4.39 Å². The van der Waals surface area contributed by atoms with Crippen LogP contribution < -0.4 is 10.6 Å². The topological polar surface area (TPSA) is 81.7 Å². The van der Waals surface area contributed by atoms with Crippen LogP contribution in [-0.4, -0.2) is 54.6 Å². The highest BCUT2D eigenvalue weighted by atomic mass is 19.1. The van der Waals surface area contributed by atoms with E-state index in [0.29, 0.717) is 37.2 Å². The Hall–Kier alpha value is -2.67. The number of hydrogen-bond acceptors (Lipinski definition) is 4. The molecule has 2 rings (SSSR count). The Morgan fingerprint density at radius 3 is 2.69 bits per heavy atom. The number of rotatable bonds is 7. The molecule has 0 saturated heterocycles. The number of carbonyl (C=O) groups excluding carboxylic acids is 2. The molecule has 0 heterocycles. The number of benzene rings is 1. The van der Waals surface area contributed by atoms with Gasteiger partial charge in [-0.05, 0) is 49.5 Å². The molecule has 1 aliphatic carbocycles. The van der Waals surface area contributed by atoms with Crippen LogP contribution in [0.25, 0.3) is 5.57 Å². The summed E-state index contributed by atoms with van der Waals surface area (Å²) in [6, 6.07) is 1.24.